The smallest absolute Gasteiger partial charge is 0.332 e. The summed E-state index contributed by atoms with van der Waals surface area (Å²) in [5.41, 5.74) is 2.22. The summed E-state index contributed by atoms with van der Waals surface area (Å²) in [5, 5.41) is 0.623. The van der Waals surface area contributed by atoms with Gasteiger partial charge < -0.3 is 4.74 Å². The van der Waals surface area contributed by atoms with Crippen molar-refractivity contribution in [2.45, 2.75) is 0 Å². The molecule has 0 amide bonds. The molecule has 0 unspecified atom stereocenters. The van der Waals surface area contributed by atoms with E-state index in [0.29, 0.717) is 27.7 Å². The molecule has 0 atom stereocenters. The first-order chi connectivity index (χ1) is 14.9. The maximum absolute atomic E-state index is 13.0. The van der Waals surface area contributed by atoms with E-state index in [9.17, 15) is 9.59 Å². The molecule has 0 aliphatic heterocycles. The molecular formula is C22H18ClN5O3. The number of ether oxygens (including phenoxy) is 1. The summed E-state index contributed by atoms with van der Waals surface area (Å²) in [4.78, 5) is 30.1. The number of benzene rings is 2. The van der Waals surface area contributed by atoms with Crippen LogP contribution < -0.4 is 16.0 Å². The molecule has 0 radical (unpaired) electrons. The summed E-state index contributed by atoms with van der Waals surface area (Å²) in [6.45, 7) is 0. The van der Waals surface area contributed by atoms with Crippen LogP contribution in [0.25, 0.3) is 33.9 Å². The lowest BCUT2D eigenvalue weighted by Crippen LogP contribution is -2.37. The van der Waals surface area contributed by atoms with Crippen LogP contribution in [0.4, 0.5) is 0 Å². The number of imidazole rings is 2. The number of halogens is 1. The van der Waals surface area contributed by atoms with E-state index in [1.165, 1.54) is 11.6 Å². The molecule has 0 saturated heterocycles. The average Bonchev–Trinajstić information content (AvgIpc) is 3.33. The Morgan fingerprint density at radius 3 is 2.39 bits per heavy atom. The van der Waals surface area contributed by atoms with Crippen molar-refractivity contribution in [3.05, 3.63) is 80.6 Å². The quantitative estimate of drug-likeness (QED) is 0.436. The van der Waals surface area contributed by atoms with Gasteiger partial charge >= 0.3 is 5.69 Å². The highest BCUT2D eigenvalue weighted by Crippen LogP contribution is 2.33. The van der Waals surface area contributed by atoms with Gasteiger partial charge in [-0.25, -0.2) is 4.79 Å². The lowest BCUT2D eigenvalue weighted by atomic mass is 10.1. The Hall–Kier alpha value is -3.78. The third-order valence-electron chi connectivity index (χ3n) is 5.43. The summed E-state index contributed by atoms with van der Waals surface area (Å²) in [6, 6.07) is 15.0. The van der Waals surface area contributed by atoms with E-state index in [1.54, 1.807) is 30.7 Å². The van der Waals surface area contributed by atoms with Crippen LogP contribution in [0, 0.1) is 0 Å². The van der Waals surface area contributed by atoms with Crippen LogP contribution in [0.1, 0.15) is 0 Å². The highest BCUT2D eigenvalue weighted by molar-refractivity contribution is 6.30. The van der Waals surface area contributed by atoms with Crippen LogP contribution in [0.2, 0.25) is 5.02 Å². The molecule has 0 aliphatic rings. The van der Waals surface area contributed by atoms with Gasteiger partial charge in [-0.3, -0.25) is 22.9 Å². The number of hydrogen-bond donors (Lipinski definition) is 0. The number of hydrogen-bond acceptors (Lipinski definition) is 4. The molecule has 31 heavy (non-hydrogen) atoms. The van der Waals surface area contributed by atoms with Crippen molar-refractivity contribution >= 4 is 28.5 Å². The van der Waals surface area contributed by atoms with E-state index in [4.69, 9.17) is 16.3 Å². The Morgan fingerprint density at radius 2 is 1.68 bits per heavy atom. The zero-order valence-electron chi connectivity index (χ0n) is 17.0. The molecule has 0 N–H and O–H groups in total. The van der Waals surface area contributed by atoms with Crippen LogP contribution in [0.15, 0.2) is 64.3 Å². The lowest BCUT2D eigenvalue weighted by molar-refractivity contribution is 0.413. The molecule has 0 saturated carbocycles. The fraction of sp³-hybridized carbons (Fsp3) is 0.136. The van der Waals surface area contributed by atoms with E-state index in [1.807, 2.05) is 47.2 Å². The van der Waals surface area contributed by atoms with Gasteiger partial charge in [0.2, 0.25) is 5.78 Å². The highest BCUT2D eigenvalue weighted by Gasteiger charge is 2.23. The molecule has 2 aromatic carbocycles. The lowest BCUT2D eigenvalue weighted by Gasteiger charge is -2.13. The molecular weight excluding hydrogens is 418 g/mol. The van der Waals surface area contributed by atoms with Gasteiger partial charge in [0.05, 0.1) is 18.5 Å². The van der Waals surface area contributed by atoms with Gasteiger partial charge in [-0.2, -0.15) is 4.98 Å². The van der Waals surface area contributed by atoms with Crippen LogP contribution in [0.5, 0.6) is 5.75 Å². The van der Waals surface area contributed by atoms with Crippen molar-refractivity contribution < 1.29 is 4.74 Å². The summed E-state index contributed by atoms with van der Waals surface area (Å²) >= 11 is 6.09. The number of para-hydroxylation sites is 2. The van der Waals surface area contributed by atoms with Crippen molar-refractivity contribution in [1.29, 1.82) is 0 Å². The molecule has 0 spiro atoms. The van der Waals surface area contributed by atoms with Crippen molar-refractivity contribution in [3.8, 4) is 22.7 Å². The molecule has 5 aromatic rings. The Kier molecular flexibility index (Phi) is 4.26. The molecule has 9 heteroatoms. The van der Waals surface area contributed by atoms with Gasteiger partial charge in [0.15, 0.2) is 11.2 Å². The van der Waals surface area contributed by atoms with Gasteiger partial charge in [-0.15, -0.1) is 0 Å². The zero-order valence-corrected chi connectivity index (χ0v) is 17.8. The van der Waals surface area contributed by atoms with E-state index in [0.717, 1.165) is 21.5 Å². The average molecular weight is 436 g/mol. The molecule has 8 nitrogen and oxygen atoms in total. The molecule has 3 aromatic heterocycles. The van der Waals surface area contributed by atoms with Gasteiger partial charge in [0, 0.05) is 30.9 Å². The molecule has 3 heterocycles. The molecule has 0 aliphatic carbocycles. The first-order valence-electron chi connectivity index (χ1n) is 9.51. The van der Waals surface area contributed by atoms with Crippen LogP contribution >= 0.6 is 11.6 Å². The van der Waals surface area contributed by atoms with E-state index < -0.39 is 11.2 Å². The molecule has 0 fully saturated rings. The molecule has 0 bridgehead atoms. The number of nitrogens with zero attached hydrogens (tertiary/aromatic N) is 5. The van der Waals surface area contributed by atoms with Crippen molar-refractivity contribution in [1.82, 2.24) is 23.1 Å². The Bertz CT molecular complexity index is 1590. The first kappa shape index (κ1) is 19.2. The second-order valence-corrected chi connectivity index (χ2v) is 7.62. The number of rotatable bonds is 3. The predicted octanol–water partition coefficient (Wildman–Crippen LogP) is 3.00. The fourth-order valence-corrected chi connectivity index (χ4v) is 3.97. The van der Waals surface area contributed by atoms with E-state index >= 15 is 0 Å². The number of aromatic nitrogens is 5. The summed E-state index contributed by atoms with van der Waals surface area (Å²) in [6.07, 6.45) is 1.84. The van der Waals surface area contributed by atoms with Crippen molar-refractivity contribution in [2.75, 3.05) is 7.11 Å². The van der Waals surface area contributed by atoms with Crippen LogP contribution in [-0.4, -0.2) is 30.2 Å². The SMILES string of the molecule is COc1ccccc1-n1c(-c2ccc(Cl)cc2)cn2c3c(=O)n(C)c(=O)n(C)c3nc12. The minimum Gasteiger partial charge on any atom is -0.495 e. The van der Waals surface area contributed by atoms with Gasteiger partial charge in [0.1, 0.15) is 5.75 Å². The van der Waals surface area contributed by atoms with Crippen molar-refractivity contribution in [2.24, 2.45) is 14.1 Å². The standard InChI is InChI=1S/C22H18ClN5O3/c1-25-19-18(20(29)26(2)22(25)30)27-12-16(13-8-10-14(23)11-9-13)28(21(27)24-19)15-6-4-5-7-17(15)31-3/h4-12H,1-3H3. The highest BCUT2D eigenvalue weighted by atomic mass is 35.5. The number of fused-ring (bicyclic) bond motifs is 3. The zero-order chi connectivity index (χ0) is 21.9. The van der Waals surface area contributed by atoms with Gasteiger partial charge in [-0.05, 0) is 24.3 Å². The van der Waals surface area contributed by atoms with Crippen LogP contribution in [-0.2, 0) is 14.1 Å². The van der Waals surface area contributed by atoms with Crippen molar-refractivity contribution in [3.63, 3.8) is 0 Å². The number of methoxy groups -OCH3 is 1. The fourth-order valence-electron chi connectivity index (χ4n) is 3.85. The van der Waals surface area contributed by atoms with Crippen LogP contribution in [0.3, 0.4) is 0 Å². The maximum atomic E-state index is 13.0. The number of aryl methyl sites for hydroxylation is 1. The largest absolute Gasteiger partial charge is 0.495 e. The first-order valence-corrected chi connectivity index (χ1v) is 9.89. The minimum absolute atomic E-state index is 0.314. The van der Waals surface area contributed by atoms with Gasteiger partial charge in [0.25, 0.3) is 5.56 Å². The Labute approximate surface area is 181 Å². The third-order valence-corrected chi connectivity index (χ3v) is 5.68. The third kappa shape index (κ3) is 2.72. The second-order valence-electron chi connectivity index (χ2n) is 7.19. The Morgan fingerprint density at radius 1 is 0.968 bits per heavy atom. The van der Waals surface area contributed by atoms with E-state index in [-0.39, 0.29) is 0 Å². The summed E-state index contributed by atoms with van der Waals surface area (Å²) in [5.74, 6) is 1.13. The summed E-state index contributed by atoms with van der Waals surface area (Å²) in [7, 11) is 4.66. The molecule has 156 valence electrons. The monoisotopic (exact) mass is 435 g/mol. The molecule has 5 rings (SSSR count). The topological polar surface area (TPSA) is 75.5 Å². The normalized spacial score (nSPS) is 11.5. The predicted molar refractivity (Wildman–Crippen MR) is 120 cm³/mol. The maximum Gasteiger partial charge on any atom is 0.332 e. The Balaban J connectivity index is 1.98. The van der Waals surface area contributed by atoms with E-state index in [2.05, 4.69) is 4.98 Å². The van der Waals surface area contributed by atoms with Gasteiger partial charge in [-0.1, -0.05) is 35.9 Å². The second kappa shape index (κ2) is 6.88. The summed E-state index contributed by atoms with van der Waals surface area (Å²) < 4.78 is 11.7. The minimum atomic E-state index is -0.431.